The van der Waals surface area contributed by atoms with E-state index in [1.807, 2.05) is 6.20 Å². The van der Waals surface area contributed by atoms with E-state index >= 15 is 0 Å². The maximum Gasteiger partial charge on any atom is 0.246 e. The molecule has 1 aromatic rings. The highest BCUT2D eigenvalue weighted by molar-refractivity contribution is 5.94. The maximum atomic E-state index is 13.0. The van der Waals surface area contributed by atoms with Crippen molar-refractivity contribution in [2.75, 3.05) is 50.0 Å². The summed E-state index contributed by atoms with van der Waals surface area (Å²) in [5.41, 5.74) is 1.33. The summed E-state index contributed by atoms with van der Waals surface area (Å²) in [6.07, 6.45) is 13.4. The number of anilines is 2. The molecule has 5 fully saturated rings. The molecule has 8 heteroatoms. The van der Waals surface area contributed by atoms with Crippen LogP contribution < -0.4 is 15.5 Å². The first kappa shape index (κ1) is 21.4. The van der Waals surface area contributed by atoms with Gasteiger partial charge >= 0.3 is 0 Å². The van der Waals surface area contributed by atoms with Crippen LogP contribution >= 0.6 is 0 Å². The van der Waals surface area contributed by atoms with E-state index in [1.54, 1.807) is 0 Å². The molecule has 184 valence electrons. The fourth-order valence-electron chi connectivity index (χ4n) is 8.29. The third kappa shape index (κ3) is 3.28. The highest BCUT2D eigenvalue weighted by Crippen LogP contribution is 2.46. The van der Waals surface area contributed by atoms with Gasteiger partial charge in [-0.05, 0) is 52.0 Å². The van der Waals surface area contributed by atoms with Gasteiger partial charge in [0, 0.05) is 74.4 Å². The van der Waals surface area contributed by atoms with Crippen LogP contribution in [0.25, 0.3) is 0 Å². The highest BCUT2D eigenvalue weighted by atomic mass is 16.2. The molecule has 2 saturated carbocycles. The minimum absolute atomic E-state index is 0.187. The van der Waals surface area contributed by atoms with Crippen LogP contribution in [0.2, 0.25) is 0 Å². The average molecular weight is 466 g/mol. The first-order valence-electron chi connectivity index (χ1n) is 13.7. The summed E-state index contributed by atoms with van der Waals surface area (Å²) in [6, 6.07) is 1.64. The number of carbonyl (C=O) groups is 1. The summed E-state index contributed by atoms with van der Waals surface area (Å²) in [5, 5.41) is 6.78. The fourth-order valence-corrected chi connectivity index (χ4v) is 8.29. The molecule has 5 heterocycles. The first-order chi connectivity index (χ1) is 16.5. The second kappa shape index (κ2) is 7.79. The van der Waals surface area contributed by atoms with E-state index in [9.17, 15) is 4.79 Å². The minimum Gasteiger partial charge on any atom is -0.354 e. The molecule has 4 aliphatic heterocycles. The van der Waals surface area contributed by atoms with Crippen molar-refractivity contribution >= 4 is 17.7 Å². The molecule has 0 bridgehead atoms. The largest absolute Gasteiger partial charge is 0.354 e. The Labute approximate surface area is 202 Å². The van der Waals surface area contributed by atoms with Gasteiger partial charge < -0.3 is 20.4 Å². The molecule has 2 spiro atoms. The summed E-state index contributed by atoms with van der Waals surface area (Å²) in [4.78, 5) is 30.4. The van der Waals surface area contributed by atoms with Crippen LogP contribution in [-0.4, -0.2) is 89.1 Å². The molecular formula is C26H39N7O. The first-order valence-corrected chi connectivity index (χ1v) is 13.7. The lowest BCUT2D eigenvalue weighted by Crippen LogP contribution is -2.72. The fraction of sp³-hybridized carbons (Fsp3) is 0.808. The van der Waals surface area contributed by atoms with Gasteiger partial charge in [-0.15, -0.1) is 0 Å². The standard InChI is InChI=1S/C26H39N7O/c1-31-14-25(15-31)16-32(17-25)20-8-6-19(7-9-20)29-24-28-13-18-12-26(10-11-27-23(26)34)33(22(18)30-24)21-4-2-3-5-21/h13,19-21H,2-12,14-17H2,1H3,(H,27,34)(H,28,29,30). The normalized spacial score (nSPS) is 35.4. The van der Waals surface area contributed by atoms with E-state index < -0.39 is 5.54 Å². The van der Waals surface area contributed by atoms with Crippen LogP contribution in [0.5, 0.6) is 0 Å². The van der Waals surface area contributed by atoms with E-state index in [0.29, 0.717) is 17.5 Å². The van der Waals surface area contributed by atoms with Gasteiger partial charge in [0.2, 0.25) is 11.9 Å². The van der Waals surface area contributed by atoms with Crippen molar-refractivity contribution in [1.29, 1.82) is 0 Å². The predicted molar refractivity (Wildman–Crippen MR) is 132 cm³/mol. The number of fused-ring (bicyclic) bond motifs is 1. The maximum absolute atomic E-state index is 13.0. The monoisotopic (exact) mass is 465 g/mol. The second-order valence-corrected chi connectivity index (χ2v) is 12.3. The van der Waals surface area contributed by atoms with Gasteiger partial charge in [0.05, 0.1) is 0 Å². The molecule has 8 nitrogen and oxygen atoms in total. The lowest BCUT2D eigenvalue weighted by Gasteiger charge is -2.62. The number of hydrogen-bond donors (Lipinski definition) is 2. The van der Waals surface area contributed by atoms with Crippen molar-refractivity contribution in [3.8, 4) is 0 Å². The Morgan fingerprint density at radius 1 is 1.03 bits per heavy atom. The van der Waals surface area contributed by atoms with Gasteiger partial charge in [-0.2, -0.15) is 4.98 Å². The van der Waals surface area contributed by atoms with Crippen LogP contribution in [0.3, 0.4) is 0 Å². The average Bonchev–Trinajstić information content (AvgIpc) is 3.50. The molecule has 1 atom stereocenters. The number of aromatic nitrogens is 2. The van der Waals surface area contributed by atoms with Crippen LogP contribution in [0.1, 0.15) is 63.4 Å². The van der Waals surface area contributed by atoms with Crippen molar-refractivity contribution in [2.24, 2.45) is 5.41 Å². The van der Waals surface area contributed by atoms with Crippen LogP contribution in [-0.2, 0) is 11.2 Å². The minimum atomic E-state index is -0.438. The van der Waals surface area contributed by atoms with E-state index in [2.05, 4.69) is 32.4 Å². The smallest absolute Gasteiger partial charge is 0.246 e. The van der Waals surface area contributed by atoms with Crippen molar-refractivity contribution < 1.29 is 4.79 Å². The summed E-state index contributed by atoms with van der Waals surface area (Å²) >= 11 is 0. The molecule has 2 aliphatic carbocycles. The zero-order valence-electron chi connectivity index (χ0n) is 20.6. The molecule has 1 unspecified atom stereocenters. The molecule has 2 N–H and O–H groups in total. The second-order valence-electron chi connectivity index (χ2n) is 12.3. The van der Waals surface area contributed by atoms with Gasteiger partial charge in [-0.25, -0.2) is 4.98 Å². The molecule has 34 heavy (non-hydrogen) atoms. The quantitative estimate of drug-likeness (QED) is 0.704. The molecule has 6 aliphatic rings. The Bertz CT molecular complexity index is 956. The molecule has 1 amide bonds. The van der Waals surface area contributed by atoms with Crippen LogP contribution in [0, 0.1) is 5.41 Å². The summed E-state index contributed by atoms with van der Waals surface area (Å²) < 4.78 is 0. The highest BCUT2D eigenvalue weighted by Gasteiger charge is 2.55. The van der Waals surface area contributed by atoms with Crippen molar-refractivity contribution in [2.45, 2.75) is 87.9 Å². The van der Waals surface area contributed by atoms with Crippen LogP contribution in [0.15, 0.2) is 6.20 Å². The number of rotatable bonds is 4. The van der Waals surface area contributed by atoms with Gasteiger partial charge in [0.25, 0.3) is 0 Å². The number of hydrogen-bond acceptors (Lipinski definition) is 7. The summed E-state index contributed by atoms with van der Waals surface area (Å²) in [7, 11) is 2.24. The number of amides is 1. The number of nitrogens with zero attached hydrogens (tertiary/aromatic N) is 5. The third-order valence-corrected chi connectivity index (χ3v) is 9.78. The Morgan fingerprint density at radius 3 is 2.47 bits per heavy atom. The number of likely N-dealkylation sites (tertiary alicyclic amines) is 2. The zero-order valence-corrected chi connectivity index (χ0v) is 20.6. The van der Waals surface area contributed by atoms with Crippen molar-refractivity contribution in [3.05, 3.63) is 11.8 Å². The predicted octanol–water partition coefficient (Wildman–Crippen LogP) is 2.01. The third-order valence-electron chi connectivity index (χ3n) is 9.78. The van der Waals surface area contributed by atoms with Crippen molar-refractivity contribution in [3.63, 3.8) is 0 Å². The molecule has 7 rings (SSSR count). The topological polar surface area (TPSA) is 76.6 Å². The molecule has 0 aromatic carbocycles. The summed E-state index contributed by atoms with van der Waals surface area (Å²) in [6.45, 7) is 5.96. The Morgan fingerprint density at radius 2 is 1.79 bits per heavy atom. The van der Waals surface area contributed by atoms with E-state index in [-0.39, 0.29) is 5.91 Å². The van der Waals surface area contributed by atoms with Gasteiger partial charge in [0.1, 0.15) is 11.4 Å². The van der Waals surface area contributed by atoms with Gasteiger partial charge in [0.15, 0.2) is 0 Å². The molecular weight excluding hydrogens is 426 g/mol. The summed E-state index contributed by atoms with van der Waals surface area (Å²) in [5.74, 6) is 1.96. The van der Waals surface area contributed by atoms with Crippen LogP contribution in [0.4, 0.5) is 11.8 Å². The lowest BCUT2D eigenvalue weighted by molar-refractivity contribution is -0.125. The van der Waals surface area contributed by atoms with Crippen molar-refractivity contribution in [1.82, 2.24) is 25.1 Å². The SMILES string of the molecule is CN1CC2(C1)CN(C1CCC(Nc3ncc4c(n3)N(C3CCCC3)C3(CCNC3=O)C4)CC1)C2. The molecule has 1 aromatic heterocycles. The zero-order chi connectivity index (χ0) is 22.9. The lowest BCUT2D eigenvalue weighted by atomic mass is 9.71. The van der Waals surface area contributed by atoms with Gasteiger partial charge in [-0.3, -0.25) is 9.69 Å². The van der Waals surface area contributed by atoms with E-state index in [0.717, 1.165) is 42.8 Å². The van der Waals surface area contributed by atoms with E-state index in [1.165, 1.54) is 77.5 Å². The van der Waals surface area contributed by atoms with Gasteiger partial charge in [-0.1, -0.05) is 12.8 Å². The molecule has 0 radical (unpaired) electrons. The molecule has 3 saturated heterocycles. The Kier molecular flexibility index (Phi) is 4.89. The number of nitrogens with one attached hydrogen (secondary N) is 2. The van der Waals surface area contributed by atoms with E-state index in [4.69, 9.17) is 9.97 Å². The Hall–Kier alpha value is -1.93. The number of carbonyl (C=O) groups excluding carboxylic acids is 1. The Balaban J connectivity index is 1.02.